The summed E-state index contributed by atoms with van der Waals surface area (Å²) in [6, 6.07) is 2.06. The smallest absolute Gasteiger partial charge is 0.183 e. The molecule has 0 aromatic carbocycles. The summed E-state index contributed by atoms with van der Waals surface area (Å²) in [7, 11) is 3.74. The van der Waals surface area contributed by atoms with Crippen LogP contribution in [-0.2, 0) is 6.54 Å². The Kier molecular flexibility index (Phi) is 2.96. The van der Waals surface area contributed by atoms with E-state index in [2.05, 4.69) is 26.0 Å². The molecule has 7 heteroatoms. The Bertz CT molecular complexity index is 590. The van der Waals surface area contributed by atoms with Crippen LogP contribution >= 0.6 is 0 Å². The highest BCUT2D eigenvalue weighted by atomic mass is 15.2. The molecule has 0 aliphatic rings. The maximum Gasteiger partial charge on any atom is 0.183 e. The molecule has 0 unspecified atom stereocenters. The molecule has 0 saturated heterocycles. The number of nitrogens with zero attached hydrogens (tertiary/aromatic N) is 7. The predicted octanol–water partition coefficient (Wildman–Crippen LogP) is 0.571. The summed E-state index contributed by atoms with van der Waals surface area (Å²) in [5.74, 6) is 0.511. The van der Waals surface area contributed by atoms with Crippen LogP contribution < -0.4 is 0 Å². The van der Waals surface area contributed by atoms with Gasteiger partial charge in [-0.1, -0.05) is 0 Å². The quantitative estimate of drug-likeness (QED) is 0.567. The van der Waals surface area contributed by atoms with Crippen molar-refractivity contribution in [2.75, 3.05) is 14.1 Å². The summed E-state index contributed by atoms with van der Waals surface area (Å²) in [6.45, 7) is 0.203. The Morgan fingerprint density at radius 1 is 1.47 bits per heavy atom. The Balaban J connectivity index is 2.54. The molecule has 0 spiro atoms. The summed E-state index contributed by atoms with van der Waals surface area (Å²) in [4.78, 5) is 18.3. The SMILES string of the molecule is CN(C)C=Nc1ncnc2ncn(CC#N)c12. The number of fused-ring (bicyclic) bond motifs is 1. The molecule has 2 aromatic heterocycles. The molecule has 0 atom stereocenters. The molecule has 17 heavy (non-hydrogen) atoms. The molecular weight excluding hydrogens is 218 g/mol. The van der Waals surface area contributed by atoms with Gasteiger partial charge >= 0.3 is 0 Å². The number of hydrogen-bond acceptors (Lipinski definition) is 5. The maximum atomic E-state index is 8.72. The van der Waals surface area contributed by atoms with Crippen molar-refractivity contribution < 1.29 is 0 Å². The number of aliphatic imine (C=N–C) groups is 1. The molecule has 0 amide bonds. The lowest BCUT2D eigenvalue weighted by Crippen LogP contribution is -2.07. The largest absolute Gasteiger partial charge is 0.369 e. The van der Waals surface area contributed by atoms with E-state index in [1.807, 2.05) is 14.1 Å². The number of nitriles is 1. The topological polar surface area (TPSA) is 83.0 Å². The van der Waals surface area contributed by atoms with E-state index in [1.165, 1.54) is 6.33 Å². The van der Waals surface area contributed by atoms with E-state index in [0.29, 0.717) is 17.0 Å². The molecule has 0 bridgehead atoms. The van der Waals surface area contributed by atoms with Crippen LogP contribution in [0.1, 0.15) is 0 Å². The Morgan fingerprint density at radius 2 is 2.29 bits per heavy atom. The van der Waals surface area contributed by atoms with Crippen LogP contribution in [-0.4, -0.2) is 44.9 Å². The van der Waals surface area contributed by atoms with Crippen molar-refractivity contribution in [3.8, 4) is 6.07 Å². The first-order valence-corrected chi connectivity index (χ1v) is 4.96. The second-order valence-electron chi connectivity index (χ2n) is 3.61. The highest BCUT2D eigenvalue weighted by Gasteiger charge is 2.09. The first-order valence-electron chi connectivity index (χ1n) is 4.96. The maximum absolute atomic E-state index is 8.72. The number of imidazole rings is 1. The van der Waals surface area contributed by atoms with E-state index >= 15 is 0 Å². The van der Waals surface area contributed by atoms with E-state index in [1.54, 1.807) is 22.1 Å². The highest BCUT2D eigenvalue weighted by Crippen LogP contribution is 2.20. The van der Waals surface area contributed by atoms with Crippen molar-refractivity contribution in [2.45, 2.75) is 6.54 Å². The van der Waals surface area contributed by atoms with Gasteiger partial charge in [0.1, 0.15) is 18.4 Å². The van der Waals surface area contributed by atoms with Crippen LogP contribution in [0.2, 0.25) is 0 Å². The van der Waals surface area contributed by atoms with Crippen LogP contribution in [0.3, 0.4) is 0 Å². The standard InChI is InChI=1S/C10H11N7/c1-16(2)6-14-9-8-10(13-5-12-9)15-7-17(8)4-3-11/h5-7H,4H2,1-2H3. The molecule has 0 aliphatic heterocycles. The zero-order chi connectivity index (χ0) is 12.3. The summed E-state index contributed by atoms with van der Waals surface area (Å²) >= 11 is 0. The van der Waals surface area contributed by atoms with Crippen LogP contribution in [0, 0.1) is 11.3 Å². The first kappa shape index (κ1) is 11.0. The predicted molar refractivity (Wildman–Crippen MR) is 62.8 cm³/mol. The van der Waals surface area contributed by atoms with Crippen molar-refractivity contribution in [3.05, 3.63) is 12.7 Å². The Morgan fingerprint density at radius 3 is 3.00 bits per heavy atom. The lowest BCUT2D eigenvalue weighted by atomic mass is 10.5. The summed E-state index contributed by atoms with van der Waals surface area (Å²) < 4.78 is 1.68. The molecule has 0 saturated carbocycles. The fraction of sp³-hybridized carbons (Fsp3) is 0.300. The third-order valence-electron chi connectivity index (χ3n) is 2.04. The molecule has 0 radical (unpaired) electrons. The minimum atomic E-state index is 0.203. The normalized spacial score (nSPS) is 10.9. The third-order valence-corrected chi connectivity index (χ3v) is 2.04. The lowest BCUT2D eigenvalue weighted by Gasteiger charge is -2.03. The second-order valence-corrected chi connectivity index (χ2v) is 3.61. The minimum Gasteiger partial charge on any atom is -0.369 e. The van der Waals surface area contributed by atoms with Gasteiger partial charge in [0.2, 0.25) is 0 Å². The molecule has 86 valence electrons. The summed E-state index contributed by atoms with van der Waals surface area (Å²) in [5, 5.41) is 8.72. The van der Waals surface area contributed by atoms with Crippen molar-refractivity contribution >= 4 is 23.3 Å². The fourth-order valence-electron chi connectivity index (χ4n) is 1.35. The van der Waals surface area contributed by atoms with Gasteiger partial charge in [-0.3, -0.25) is 0 Å². The monoisotopic (exact) mass is 229 g/mol. The van der Waals surface area contributed by atoms with Gasteiger partial charge < -0.3 is 9.47 Å². The number of rotatable bonds is 3. The Labute approximate surface area is 98.1 Å². The van der Waals surface area contributed by atoms with Gasteiger partial charge in [-0.15, -0.1) is 0 Å². The lowest BCUT2D eigenvalue weighted by molar-refractivity contribution is 0.643. The van der Waals surface area contributed by atoms with Gasteiger partial charge in [0, 0.05) is 14.1 Å². The molecule has 2 heterocycles. The van der Waals surface area contributed by atoms with Gasteiger partial charge in [0.15, 0.2) is 11.5 Å². The van der Waals surface area contributed by atoms with E-state index in [9.17, 15) is 0 Å². The first-order chi connectivity index (χ1) is 8.22. The molecule has 0 fully saturated rings. The molecular formula is C10H11N7. The van der Waals surface area contributed by atoms with Crippen LogP contribution in [0.25, 0.3) is 11.2 Å². The van der Waals surface area contributed by atoms with Gasteiger partial charge in [0.05, 0.1) is 18.7 Å². The summed E-state index contributed by atoms with van der Waals surface area (Å²) in [5.41, 5.74) is 1.22. The molecule has 7 nitrogen and oxygen atoms in total. The molecule has 2 aromatic rings. The van der Waals surface area contributed by atoms with Gasteiger partial charge in [-0.05, 0) is 0 Å². The van der Waals surface area contributed by atoms with Gasteiger partial charge in [0.25, 0.3) is 0 Å². The average Bonchev–Trinajstić information content (AvgIpc) is 2.71. The van der Waals surface area contributed by atoms with E-state index in [-0.39, 0.29) is 6.54 Å². The summed E-state index contributed by atoms with van der Waals surface area (Å²) in [6.07, 6.45) is 4.62. The van der Waals surface area contributed by atoms with Crippen molar-refractivity contribution in [1.82, 2.24) is 24.4 Å². The van der Waals surface area contributed by atoms with Crippen LogP contribution in [0.4, 0.5) is 5.82 Å². The minimum absolute atomic E-state index is 0.203. The highest BCUT2D eigenvalue weighted by molar-refractivity contribution is 5.83. The average molecular weight is 229 g/mol. The zero-order valence-corrected chi connectivity index (χ0v) is 9.57. The van der Waals surface area contributed by atoms with Crippen molar-refractivity contribution in [1.29, 1.82) is 5.26 Å². The van der Waals surface area contributed by atoms with Crippen LogP contribution in [0.15, 0.2) is 17.6 Å². The number of aromatic nitrogens is 4. The second kappa shape index (κ2) is 4.57. The van der Waals surface area contributed by atoms with E-state index in [4.69, 9.17) is 5.26 Å². The van der Waals surface area contributed by atoms with E-state index in [0.717, 1.165) is 0 Å². The molecule has 2 rings (SSSR count). The van der Waals surface area contributed by atoms with E-state index < -0.39 is 0 Å². The van der Waals surface area contributed by atoms with Gasteiger partial charge in [-0.25, -0.2) is 19.9 Å². The zero-order valence-electron chi connectivity index (χ0n) is 9.57. The van der Waals surface area contributed by atoms with Crippen molar-refractivity contribution in [3.63, 3.8) is 0 Å². The molecule has 0 N–H and O–H groups in total. The van der Waals surface area contributed by atoms with Gasteiger partial charge in [-0.2, -0.15) is 5.26 Å². The number of hydrogen-bond donors (Lipinski definition) is 0. The molecule has 0 aliphatic carbocycles. The van der Waals surface area contributed by atoms with Crippen molar-refractivity contribution in [2.24, 2.45) is 4.99 Å². The Hall–Kier alpha value is -2.49. The third kappa shape index (κ3) is 2.20. The fourth-order valence-corrected chi connectivity index (χ4v) is 1.35. The van der Waals surface area contributed by atoms with Crippen LogP contribution in [0.5, 0.6) is 0 Å².